The highest BCUT2D eigenvalue weighted by atomic mass is 16.6. The number of hydrogen-bond acceptors (Lipinski definition) is 6. The van der Waals surface area contributed by atoms with Gasteiger partial charge in [0.15, 0.2) is 0 Å². The minimum Gasteiger partial charge on any atom is -0.478 e. The summed E-state index contributed by atoms with van der Waals surface area (Å²) >= 11 is 0. The zero-order valence-corrected chi connectivity index (χ0v) is 13.5. The minimum atomic E-state index is -2.13. The zero-order valence-electron chi connectivity index (χ0n) is 13.5. The molecular weight excluding hydrogens is 296 g/mol. The lowest BCUT2D eigenvalue weighted by Gasteiger charge is -2.26. The molecule has 0 aromatic heterocycles. The molecule has 0 bridgehead atoms. The van der Waals surface area contributed by atoms with Gasteiger partial charge in [-0.25, -0.2) is 9.59 Å². The molecule has 0 amide bonds. The van der Waals surface area contributed by atoms with Crippen molar-refractivity contribution in [2.45, 2.75) is 53.8 Å². The number of carbonyl (C=O) groups is 4. The van der Waals surface area contributed by atoms with Gasteiger partial charge in [0.2, 0.25) is 12.2 Å². The maximum Gasteiger partial charge on any atom is 0.349 e. The van der Waals surface area contributed by atoms with Crippen LogP contribution in [-0.4, -0.2) is 46.3 Å². The van der Waals surface area contributed by atoms with Crippen molar-refractivity contribution in [1.82, 2.24) is 0 Å². The molecule has 0 saturated carbocycles. The highest BCUT2D eigenvalue weighted by Crippen LogP contribution is 2.21. The zero-order chi connectivity index (χ0) is 17.9. The van der Waals surface area contributed by atoms with E-state index in [-0.39, 0.29) is 0 Å². The summed E-state index contributed by atoms with van der Waals surface area (Å²) in [7, 11) is 0. The van der Waals surface area contributed by atoms with Crippen LogP contribution in [0.1, 0.15) is 41.5 Å². The van der Waals surface area contributed by atoms with Gasteiger partial charge in [-0.3, -0.25) is 9.59 Å². The number of rotatable bonds is 5. The molecule has 0 aliphatic rings. The van der Waals surface area contributed by atoms with Gasteiger partial charge in [-0.2, -0.15) is 0 Å². The predicted molar refractivity (Wildman–Crippen MR) is 73.9 cm³/mol. The van der Waals surface area contributed by atoms with Crippen LogP contribution in [-0.2, 0) is 28.7 Å². The Kier molecular flexibility index (Phi) is 6.11. The van der Waals surface area contributed by atoms with Gasteiger partial charge in [-0.15, -0.1) is 0 Å². The van der Waals surface area contributed by atoms with Crippen LogP contribution in [0, 0.1) is 10.8 Å². The molecule has 22 heavy (non-hydrogen) atoms. The molecular formula is C14H22O8. The van der Waals surface area contributed by atoms with Gasteiger partial charge in [-0.1, -0.05) is 0 Å². The van der Waals surface area contributed by atoms with Gasteiger partial charge in [0.25, 0.3) is 0 Å². The molecule has 0 saturated heterocycles. The average molecular weight is 318 g/mol. The fraction of sp³-hybridized carbons (Fsp3) is 0.714. The largest absolute Gasteiger partial charge is 0.478 e. The van der Waals surface area contributed by atoms with Crippen molar-refractivity contribution in [3.63, 3.8) is 0 Å². The third-order valence-electron chi connectivity index (χ3n) is 2.45. The van der Waals surface area contributed by atoms with Gasteiger partial charge in [0.1, 0.15) is 0 Å². The number of hydrogen-bond donors (Lipinski definition) is 2. The Morgan fingerprint density at radius 3 is 1.05 bits per heavy atom. The summed E-state index contributed by atoms with van der Waals surface area (Å²) in [5.41, 5.74) is -2.07. The highest BCUT2D eigenvalue weighted by molar-refractivity contribution is 5.89. The topological polar surface area (TPSA) is 127 Å². The number of ether oxygens (including phenoxy) is 2. The SMILES string of the molecule is CC(C)(C)C(=O)OC(C(=O)O)C(OC(=O)C(C)(C)C)C(=O)O. The normalized spacial score (nSPS) is 14.6. The standard InChI is InChI=1S/C14H22O8/c1-13(2,3)11(19)21-7(9(15)16)8(10(17)18)22-12(20)14(4,5)6/h7-8H,1-6H3,(H,15,16)(H,17,18). The van der Waals surface area contributed by atoms with E-state index in [0.717, 1.165) is 0 Å². The van der Waals surface area contributed by atoms with E-state index in [2.05, 4.69) is 0 Å². The summed E-state index contributed by atoms with van der Waals surface area (Å²) in [5, 5.41) is 18.2. The average Bonchev–Trinajstić information content (AvgIpc) is 2.29. The van der Waals surface area contributed by atoms with E-state index in [4.69, 9.17) is 19.7 Å². The van der Waals surface area contributed by atoms with E-state index in [1.165, 1.54) is 41.5 Å². The fourth-order valence-corrected chi connectivity index (χ4v) is 1.07. The maximum absolute atomic E-state index is 11.8. The van der Waals surface area contributed by atoms with E-state index in [9.17, 15) is 19.2 Å². The van der Waals surface area contributed by atoms with Gasteiger partial charge >= 0.3 is 23.9 Å². The summed E-state index contributed by atoms with van der Waals surface area (Å²) in [6.45, 7) is 8.86. The summed E-state index contributed by atoms with van der Waals surface area (Å²) in [6, 6.07) is 0. The van der Waals surface area contributed by atoms with Crippen molar-refractivity contribution in [3.05, 3.63) is 0 Å². The van der Waals surface area contributed by atoms with Gasteiger partial charge in [0, 0.05) is 0 Å². The molecule has 8 heteroatoms. The lowest BCUT2D eigenvalue weighted by molar-refractivity contribution is -0.193. The van der Waals surface area contributed by atoms with E-state index in [1.807, 2.05) is 0 Å². The summed E-state index contributed by atoms with van der Waals surface area (Å²) < 4.78 is 9.43. The van der Waals surface area contributed by atoms with Gasteiger partial charge in [0.05, 0.1) is 10.8 Å². The second-order valence-corrected chi connectivity index (χ2v) is 6.83. The van der Waals surface area contributed by atoms with Crippen LogP contribution < -0.4 is 0 Å². The van der Waals surface area contributed by atoms with Crippen molar-refractivity contribution in [2.75, 3.05) is 0 Å². The fourth-order valence-electron chi connectivity index (χ4n) is 1.07. The van der Waals surface area contributed by atoms with Crippen LogP contribution in [0.25, 0.3) is 0 Å². The first-order valence-corrected chi connectivity index (χ1v) is 6.55. The van der Waals surface area contributed by atoms with Crippen LogP contribution in [0.4, 0.5) is 0 Å². The van der Waals surface area contributed by atoms with Gasteiger partial charge < -0.3 is 19.7 Å². The second kappa shape index (κ2) is 6.76. The third-order valence-corrected chi connectivity index (χ3v) is 2.45. The van der Waals surface area contributed by atoms with Crippen LogP contribution in [0.5, 0.6) is 0 Å². The van der Waals surface area contributed by atoms with Gasteiger partial charge in [-0.05, 0) is 41.5 Å². The highest BCUT2D eigenvalue weighted by Gasteiger charge is 2.43. The van der Waals surface area contributed by atoms with E-state index in [1.54, 1.807) is 0 Å². The molecule has 0 spiro atoms. The molecule has 0 aromatic carbocycles. The first-order chi connectivity index (χ1) is 9.67. The first kappa shape index (κ1) is 19.9. The van der Waals surface area contributed by atoms with Crippen molar-refractivity contribution < 1.29 is 38.9 Å². The molecule has 2 atom stereocenters. The van der Waals surface area contributed by atoms with Crippen LogP contribution in [0.3, 0.4) is 0 Å². The Balaban J connectivity index is 5.39. The van der Waals surface area contributed by atoms with Crippen LogP contribution in [0.15, 0.2) is 0 Å². The number of esters is 2. The molecule has 2 unspecified atom stereocenters. The van der Waals surface area contributed by atoms with Crippen LogP contribution in [0.2, 0.25) is 0 Å². The van der Waals surface area contributed by atoms with Crippen LogP contribution >= 0.6 is 0 Å². The van der Waals surface area contributed by atoms with Crippen molar-refractivity contribution >= 4 is 23.9 Å². The second-order valence-electron chi connectivity index (χ2n) is 6.83. The maximum atomic E-state index is 11.8. The Labute approximate surface area is 128 Å². The molecule has 126 valence electrons. The summed E-state index contributed by atoms with van der Waals surface area (Å²) in [6.07, 6.45) is -4.26. The number of carboxylic acids is 2. The molecule has 0 aliphatic carbocycles. The lowest BCUT2D eigenvalue weighted by Crippen LogP contribution is -2.48. The third kappa shape index (κ3) is 5.71. The summed E-state index contributed by atoms with van der Waals surface area (Å²) in [4.78, 5) is 46.0. The number of aliphatic carboxylic acids is 2. The molecule has 0 aliphatic heterocycles. The molecule has 2 N–H and O–H groups in total. The number of carbonyl (C=O) groups excluding carboxylic acids is 2. The molecule has 0 radical (unpaired) electrons. The molecule has 0 rings (SSSR count). The van der Waals surface area contributed by atoms with E-state index >= 15 is 0 Å². The van der Waals surface area contributed by atoms with Crippen molar-refractivity contribution in [1.29, 1.82) is 0 Å². The smallest absolute Gasteiger partial charge is 0.349 e. The Bertz CT molecular complexity index is 422. The number of carboxylic acid groups (broad SMARTS) is 2. The molecule has 8 nitrogen and oxygen atoms in total. The summed E-state index contributed by atoms with van der Waals surface area (Å²) in [5.74, 6) is -5.27. The van der Waals surface area contributed by atoms with E-state index in [0.29, 0.717) is 0 Å². The molecule has 0 heterocycles. The quantitative estimate of drug-likeness (QED) is 0.721. The Morgan fingerprint density at radius 1 is 0.682 bits per heavy atom. The Morgan fingerprint density at radius 2 is 0.909 bits per heavy atom. The van der Waals surface area contributed by atoms with Crippen molar-refractivity contribution in [2.24, 2.45) is 10.8 Å². The van der Waals surface area contributed by atoms with Crippen molar-refractivity contribution in [3.8, 4) is 0 Å². The first-order valence-electron chi connectivity index (χ1n) is 6.55. The molecule has 0 fully saturated rings. The molecule has 0 aromatic rings. The monoisotopic (exact) mass is 318 g/mol. The lowest BCUT2D eigenvalue weighted by atomic mass is 9.96. The minimum absolute atomic E-state index is 0.919. The Hall–Kier alpha value is -2.12. The predicted octanol–water partition coefficient (Wildman–Crippen LogP) is 1.07. The van der Waals surface area contributed by atoms with E-state index < -0.39 is 46.9 Å².